The number of aliphatic hydroxyl groups is 1. The highest BCUT2D eigenvalue weighted by molar-refractivity contribution is 5.97. The van der Waals surface area contributed by atoms with Crippen molar-refractivity contribution in [2.45, 2.75) is 45.4 Å². The van der Waals surface area contributed by atoms with Gasteiger partial charge in [0, 0.05) is 30.3 Å². The van der Waals surface area contributed by atoms with Crippen LogP contribution in [0.1, 0.15) is 51.3 Å². The first-order valence-corrected chi connectivity index (χ1v) is 11.6. The maximum Gasteiger partial charge on any atom is 0.251 e. The molecule has 3 rings (SSSR count). The van der Waals surface area contributed by atoms with E-state index in [1.165, 1.54) is 36.8 Å². The predicted molar refractivity (Wildman–Crippen MR) is 131 cm³/mol. The Morgan fingerprint density at radius 3 is 2.14 bits per heavy atom. The van der Waals surface area contributed by atoms with E-state index in [2.05, 4.69) is 23.6 Å². The molecule has 35 heavy (non-hydrogen) atoms. The lowest BCUT2D eigenvalue weighted by molar-refractivity contribution is 0.0829. The molecule has 3 N–H and O–H groups in total. The molecule has 1 amide bonds. The van der Waals surface area contributed by atoms with E-state index >= 15 is 0 Å². The van der Waals surface area contributed by atoms with Crippen LogP contribution < -0.4 is 10.6 Å². The van der Waals surface area contributed by atoms with Crippen LogP contribution in [0.5, 0.6) is 0 Å². The summed E-state index contributed by atoms with van der Waals surface area (Å²) in [4.78, 5) is 24.3. The minimum Gasteiger partial charge on any atom is -0.390 e. The standard InChI is InChI=1S/C28H30F2N2O3/c1-3-19-5-4-6-20(11-19)16-31-17-27(34)26(14-21-12-24(29)15-25(30)13-21)32-28(35)23-9-7-22(8-10-23)18(2)33/h4-13,15,26-27,31,34H,3,14,16-17H2,1-2H3,(H,32,35)/t26?,27-/m0/s1. The largest absolute Gasteiger partial charge is 0.390 e. The summed E-state index contributed by atoms with van der Waals surface area (Å²) in [6.45, 7) is 4.19. The third-order valence-electron chi connectivity index (χ3n) is 5.79. The van der Waals surface area contributed by atoms with Gasteiger partial charge in [0.05, 0.1) is 12.1 Å². The molecule has 5 nitrogen and oxygen atoms in total. The number of ketones is 1. The van der Waals surface area contributed by atoms with Crippen LogP contribution in [-0.2, 0) is 19.4 Å². The molecule has 0 radical (unpaired) electrons. The molecule has 3 aromatic carbocycles. The first-order valence-electron chi connectivity index (χ1n) is 11.6. The molecular formula is C28H30F2N2O3. The van der Waals surface area contributed by atoms with Crippen LogP contribution in [0.4, 0.5) is 8.78 Å². The topological polar surface area (TPSA) is 78.4 Å². The fourth-order valence-corrected chi connectivity index (χ4v) is 3.84. The van der Waals surface area contributed by atoms with Gasteiger partial charge in [-0.2, -0.15) is 0 Å². The fourth-order valence-electron chi connectivity index (χ4n) is 3.84. The van der Waals surface area contributed by atoms with Crippen LogP contribution in [0.3, 0.4) is 0 Å². The molecule has 0 spiro atoms. The van der Waals surface area contributed by atoms with Crippen molar-refractivity contribution in [2.75, 3.05) is 6.54 Å². The summed E-state index contributed by atoms with van der Waals surface area (Å²) < 4.78 is 27.5. The zero-order valence-electron chi connectivity index (χ0n) is 19.9. The number of nitrogens with one attached hydrogen (secondary N) is 2. The summed E-state index contributed by atoms with van der Waals surface area (Å²) in [5, 5.41) is 16.9. The highest BCUT2D eigenvalue weighted by Crippen LogP contribution is 2.13. The molecule has 2 atom stereocenters. The highest BCUT2D eigenvalue weighted by Gasteiger charge is 2.23. The lowest BCUT2D eigenvalue weighted by atomic mass is 9.99. The molecule has 3 aromatic rings. The molecule has 0 saturated heterocycles. The summed E-state index contributed by atoms with van der Waals surface area (Å²) in [6.07, 6.45) is -0.0847. The van der Waals surface area contributed by atoms with Crippen LogP contribution in [0.2, 0.25) is 0 Å². The van der Waals surface area contributed by atoms with Gasteiger partial charge < -0.3 is 15.7 Å². The molecule has 0 saturated carbocycles. The lowest BCUT2D eigenvalue weighted by Crippen LogP contribution is -2.48. The number of rotatable bonds is 11. The van der Waals surface area contributed by atoms with Crippen molar-refractivity contribution in [3.63, 3.8) is 0 Å². The quantitative estimate of drug-likeness (QED) is 0.359. The van der Waals surface area contributed by atoms with Crippen LogP contribution in [-0.4, -0.2) is 35.5 Å². The van der Waals surface area contributed by atoms with E-state index in [9.17, 15) is 23.5 Å². The molecule has 0 fully saturated rings. The second-order valence-electron chi connectivity index (χ2n) is 8.57. The van der Waals surface area contributed by atoms with Crippen LogP contribution in [0, 0.1) is 11.6 Å². The van der Waals surface area contributed by atoms with Gasteiger partial charge in [-0.05, 0) is 60.7 Å². The van der Waals surface area contributed by atoms with E-state index in [4.69, 9.17) is 0 Å². The van der Waals surface area contributed by atoms with Gasteiger partial charge in [0.25, 0.3) is 5.91 Å². The second-order valence-corrected chi connectivity index (χ2v) is 8.57. The van der Waals surface area contributed by atoms with Crippen LogP contribution >= 0.6 is 0 Å². The number of aliphatic hydroxyl groups excluding tert-OH is 1. The number of carbonyl (C=O) groups is 2. The van der Waals surface area contributed by atoms with E-state index in [0.717, 1.165) is 18.1 Å². The van der Waals surface area contributed by atoms with E-state index < -0.39 is 29.7 Å². The first kappa shape index (κ1) is 26.2. The molecule has 0 aliphatic carbocycles. The average Bonchev–Trinajstić information content (AvgIpc) is 2.83. The Labute approximate surface area is 204 Å². The Hall–Kier alpha value is -3.42. The van der Waals surface area contributed by atoms with Gasteiger partial charge in [-0.1, -0.05) is 43.3 Å². The molecular weight excluding hydrogens is 450 g/mol. The number of carbonyl (C=O) groups excluding carboxylic acids is 2. The molecule has 0 bridgehead atoms. The van der Waals surface area contributed by atoms with Crippen molar-refractivity contribution in [3.8, 4) is 0 Å². The van der Waals surface area contributed by atoms with Crippen molar-refractivity contribution >= 4 is 11.7 Å². The molecule has 1 unspecified atom stereocenters. The van der Waals surface area contributed by atoms with Crippen molar-refractivity contribution in [1.29, 1.82) is 0 Å². The maximum absolute atomic E-state index is 13.7. The van der Waals surface area contributed by atoms with Gasteiger partial charge >= 0.3 is 0 Å². The summed E-state index contributed by atoms with van der Waals surface area (Å²) in [7, 11) is 0. The molecule has 7 heteroatoms. The van der Waals surface area contributed by atoms with Gasteiger partial charge in [-0.3, -0.25) is 9.59 Å². The molecule has 0 aromatic heterocycles. The van der Waals surface area contributed by atoms with E-state index in [-0.39, 0.29) is 18.7 Å². The van der Waals surface area contributed by atoms with Gasteiger partial charge in [0.2, 0.25) is 0 Å². The van der Waals surface area contributed by atoms with Crippen LogP contribution in [0.25, 0.3) is 0 Å². The van der Waals surface area contributed by atoms with Gasteiger partial charge in [-0.25, -0.2) is 8.78 Å². The number of hydrogen-bond acceptors (Lipinski definition) is 4. The van der Waals surface area contributed by atoms with E-state index in [1.807, 2.05) is 18.2 Å². The number of aryl methyl sites for hydroxylation is 1. The second kappa shape index (κ2) is 12.3. The Kier molecular flexibility index (Phi) is 9.23. The Balaban J connectivity index is 1.71. The predicted octanol–water partition coefficient (Wildman–Crippen LogP) is 4.22. The molecule has 0 aliphatic rings. The SMILES string of the molecule is CCc1cccc(CNC[C@H](O)C(Cc2cc(F)cc(F)c2)NC(=O)c2ccc(C(C)=O)cc2)c1. The molecule has 184 valence electrons. The normalized spacial score (nSPS) is 12.7. The third kappa shape index (κ3) is 7.80. The molecule has 0 heterocycles. The smallest absolute Gasteiger partial charge is 0.251 e. The Morgan fingerprint density at radius 1 is 0.886 bits per heavy atom. The monoisotopic (exact) mass is 480 g/mol. The van der Waals surface area contributed by atoms with Gasteiger partial charge in [-0.15, -0.1) is 0 Å². The number of hydrogen-bond donors (Lipinski definition) is 3. The van der Waals surface area contributed by atoms with Crippen molar-refractivity contribution in [1.82, 2.24) is 10.6 Å². The van der Waals surface area contributed by atoms with Gasteiger partial charge in [0.1, 0.15) is 11.6 Å². The Morgan fingerprint density at radius 2 is 1.51 bits per heavy atom. The summed E-state index contributed by atoms with van der Waals surface area (Å²) in [5.74, 6) is -2.03. The zero-order valence-corrected chi connectivity index (χ0v) is 19.9. The Bertz CT molecular complexity index is 1140. The average molecular weight is 481 g/mol. The molecule has 0 aliphatic heterocycles. The maximum atomic E-state index is 13.7. The highest BCUT2D eigenvalue weighted by atomic mass is 19.1. The summed E-state index contributed by atoms with van der Waals surface area (Å²) in [6, 6.07) is 16.6. The first-order chi connectivity index (χ1) is 16.7. The zero-order chi connectivity index (χ0) is 25.4. The summed E-state index contributed by atoms with van der Waals surface area (Å²) >= 11 is 0. The minimum absolute atomic E-state index is 0.0279. The summed E-state index contributed by atoms with van der Waals surface area (Å²) in [5.41, 5.74) is 3.37. The lowest BCUT2D eigenvalue weighted by Gasteiger charge is -2.25. The number of benzene rings is 3. The van der Waals surface area contributed by atoms with E-state index in [1.54, 1.807) is 12.1 Å². The number of Topliss-reactive ketones (excluding diaryl/α,β-unsaturated/α-hetero) is 1. The number of amides is 1. The van der Waals surface area contributed by atoms with Crippen molar-refractivity contribution < 1.29 is 23.5 Å². The fraction of sp³-hybridized carbons (Fsp3) is 0.286. The van der Waals surface area contributed by atoms with E-state index in [0.29, 0.717) is 23.2 Å². The minimum atomic E-state index is -1.03. The number of halogens is 2. The van der Waals surface area contributed by atoms with Gasteiger partial charge in [0.15, 0.2) is 5.78 Å². The third-order valence-corrected chi connectivity index (χ3v) is 5.79. The van der Waals surface area contributed by atoms with Crippen molar-refractivity contribution in [2.24, 2.45) is 0 Å². The van der Waals surface area contributed by atoms with Crippen LogP contribution in [0.15, 0.2) is 66.7 Å². The van der Waals surface area contributed by atoms with Crippen molar-refractivity contribution in [3.05, 3.63) is 106 Å².